The molecule has 0 aliphatic carbocycles. The van der Waals surface area contributed by atoms with Crippen LogP contribution >= 0.6 is 0 Å². The topological polar surface area (TPSA) is 90.9 Å². The maximum atomic E-state index is 11.2. The number of amides is 1. The van der Waals surface area contributed by atoms with Crippen LogP contribution < -0.4 is 5.32 Å². The first-order valence-electron chi connectivity index (χ1n) is 3.95. The van der Waals surface area contributed by atoms with Crippen molar-refractivity contribution in [3.05, 3.63) is 11.6 Å². The molecule has 1 amide bonds. The molecule has 0 radical (unpaired) electrons. The molecule has 1 rings (SSSR count). The summed E-state index contributed by atoms with van der Waals surface area (Å²) < 4.78 is 0. The van der Waals surface area contributed by atoms with Gasteiger partial charge in [-0.1, -0.05) is 0 Å². The summed E-state index contributed by atoms with van der Waals surface area (Å²) in [5.41, 5.74) is 0. The highest BCUT2D eigenvalue weighted by Crippen LogP contribution is 1.90. The smallest absolute Gasteiger partial charge is 0.291 e. The lowest BCUT2D eigenvalue weighted by molar-refractivity contribution is 0.0914. The molecule has 1 aromatic heterocycles. The van der Waals surface area contributed by atoms with Crippen molar-refractivity contribution in [2.24, 2.45) is 0 Å². The molecule has 72 valence electrons. The third-order valence-electron chi connectivity index (χ3n) is 1.36. The van der Waals surface area contributed by atoms with Gasteiger partial charge in [0, 0.05) is 6.54 Å². The first-order valence-corrected chi connectivity index (χ1v) is 3.95. The van der Waals surface area contributed by atoms with Gasteiger partial charge in [0.2, 0.25) is 5.82 Å². The molecule has 6 nitrogen and oxygen atoms in total. The molecule has 3 N–H and O–H groups in total. The van der Waals surface area contributed by atoms with Crippen molar-refractivity contribution >= 4 is 5.91 Å². The van der Waals surface area contributed by atoms with Gasteiger partial charge in [-0.05, 0) is 13.8 Å². The summed E-state index contributed by atoms with van der Waals surface area (Å²) in [7, 11) is 0. The predicted octanol–water partition coefficient (Wildman–Crippen LogP) is -0.776. The van der Waals surface area contributed by atoms with Crippen LogP contribution in [0.4, 0.5) is 0 Å². The highest BCUT2D eigenvalue weighted by molar-refractivity contribution is 5.90. The first-order chi connectivity index (χ1) is 6.09. The van der Waals surface area contributed by atoms with Crippen LogP contribution in [-0.4, -0.2) is 38.8 Å². The fourth-order valence-corrected chi connectivity index (χ4v) is 0.764. The largest absolute Gasteiger partial charge is 0.392 e. The van der Waals surface area contributed by atoms with Crippen molar-refractivity contribution in [3.8, 4) is 0 Å². The lowest BCUT2D eigenvalue weighted by atomic mass is 10.4. The number of nitrogens with one attached hydrogen (secondary N) is 2. The summed E-state index contributed by atoms with van der Waals surface area (Å²) in [6.07, 6.45) is -0.566. The number of carbonyl (C=O) groups excluding carboxylic acids is 1. The number of nitrogens with zero attached hydrogens (tertiary/aromatic N) is 2. The van der Waals surface area contributed by atoms with Gasteiger partial charge in [0.15, 0.2) is 0 Å². The van der Waals surface area contributed by atoms with Gasteiger partial charge >= 0.3 is 0 Å². The number of H-pyrrole nitrogens is 1. The molecule has 0 saturated carbocycles. The molecule has 0 spiro atoms. The van der Waals surface area contributed by atoms with E-state index in [0.29, 0.717) is 5.82 Å². The van der Waals surface area contributed by atoms with Gasteiger partial charge in [-0.15, -0.1) is 5.10 Å². The lowest BCUT2D eigenvalue weighted by Crippen LogP contribution is -2.31. The Balaban J connectivity index is 2.49. The number of aryl methyl sites for hydroxylation is 1. The molecule has 1 heterocycles. The molecule has 1 atom stereocenters. The van der Waals surface area contributed by atoms with Crippen LogP contribution in [0.5, 0.6) is 0 Å². The van der Waals surface area contributed by atoms with Crippen molar-refractivity contribution in [3.63, 3.8) is 0 Å². The second-order valence-electron chi connectivity index (χ2n) is 2.80. The molecule has 13 heavy (non-hydrogen) atoms. The van der Waals surface area contributed by atoms with E-state index in [1.807, 2.05) is 0 Å². The minimum absolute atomic E-state index is 0.0955. The molecule has 0 aliphatic rings. The Kier molecular flexibility index (Phi) is 2.97. The van der Waals surface area contributed by atoms with Crippen LogP contribution in [0, 0.1) is 6.92 Å². The Bertz CT molecular complexity index is 294. The fraction of sp³-hybridized carbons (Fsp3) is 0.571. The van der Waals surface area contributed by atoms with Gasteiger partial charge in [-0.2, -0.15) is 0 Å². The van der Waals surface area contributed by atoms with Crippen molar-refractivity contribution in [1.29, 1.82) is 0 Å². The third kappa shape index (κ3) is 2.83. The molecule has 0 aromatic carbocycles. The highest BCUT2D eigenvalue weighted by Gasteiger charge is 2.10. The molecule has 1 aromatic rings. The van der Waals surface area contributed by atoms with E-state index in [9.17, 15) is 4.79 Å². The van der Waals surface area contributed by atoms with E-state index in [4.69, 9.17) is 5.11 Å². The predicted molar refractivity (Wildman–Crippen MR) is 45.1 cm³/mol. The van der Waals surface area contributed by atoms with Crippen molar-refractivity contribution in [2.75, 3.05) is 6.54 Å². The summed E-state index contributed by atoms with van der Waals surface area (Å²) in [6.45, 7) is 3.49. The van der Waals surface area contributed by atoms with E-state index in [0.717, 1.165) is 0 Å². The van der Waals surface area contributed by atoms with Crippen molar-refractivity contribution in [1.82, 2.24) is 20.5 Å². The molecular formula is C7H12N4O2. The van der Waals surface area contributed by atoms with Gasteiger partial charge in [0.05, 0.1) is 6.10 Å². The normalized spacial score (nSPS) is 12.5. The minimum atomic E-state index is -0.566. The number of hydrogen-bond acceptors (Lipinski definition) is 4. The number of rotatable bonds is 3. The molecule has 0 aliphatic heterocycles. The standard InChI is InChI=1S/C7H12N4O2/c1-4(12)3-8-7(13)6-9-5(2)10-11-6/h4,12H,3H2,1-2H3,(H,8,13)(H,9,10,11)/t4-/m1/s1. The first kappa shape index (κ1) is 9.66. The Morgan fingerprint density at radius 2 is 2.46 bits per heavy atom. The van der Waals surface area contributed by atoms with Crippen molar-refractivity contribution in [2.45, 2.75) is 20.0 Å². The summed E-state index contributed by atoms with van der Waals surface area (Å²) in [5.74, 6) is 0.297. The SMILES string of the molecule is Cc1nc(C(=O)NC[C@@H](C)O)n[nH]1. The monoisotopic (exact) mass is 184 g/mol. The van der Waals surface area contributed by atoms with Gasteiger partial charge in [-0.3, -0.25) is 9.89 Å². The molecule has 0 unspecified atom stereocenters. The molecule has 0 fully saturated rings. The second kappa shape index (κ2) is 3.99. The number of aromatic amines is 1. The number of carbonyl (C=O) groups is 1. The van der Waals surface area contributed by atoms with E-state index >= 15 is 0 Å². The maximum absolute atomic E-state index is 11.2. The average molecular weight is 184 g/mol. The minimum Gasteiger partial charge on any atom is -0.392 e. The number of aromatic nitrogens is 3. The lowest BCUT2D eigenvalue weighted by Gasteiger charge is -2.03. The zero-order valence-corrected chi connectivity index (χ0v) is 7.53. The Hall–Kier alpha value is -1.43. The van der Waals surface area contributed by atoms with Gasteiger partial charge in [0.1, 0.15) is 5.82 Å². The van der Waals surface area contributed by atoms with Crippen LogP contribution in [0.1, 0.15) is 23.4 Å². The molecule has 0 bridgehead atoms. The summed E-state index contributed by atoms with van der Waals surface area (Å²) >= 11 is 0. The maximum Gasteiger partial charge on any atom is 0.291 e. The fourth-order valence-electron chi connectivity index (χ4n) is 0.764. The van der Waals surface area contributed by atoms with E-state index in [-0.39, 0.29) is 18.3 Å². The summed E-state index contributed by atoms with van der Waals surface area (Å²) in [4.78, 5) is 15.0. The van der Waals surface area contributed by atoms with Gasteiger partial charge in [-0.25, -0.2) is 4.98 Å². The van der Waals surface area contributed by atoms with E-state index < -0.39 is 6.10 Å². The number of aliphatic hydroxyl groups excluding tert-OH is 1. The number of hydrogen-bond donors (Lipinski definition) is 3. The van der Waals surface area contributed by atoms with Crippen LogP contribution in [0.2, 0.25) is 0 Å². The molecule has 6 heteroatoms. The van der Waals surface area contributed by atoms with Gasteiger partial charge in [0.25, 0.3) is 5.91 Å². The van der Waals surface area contributed by atoms with E-state index in [1.54, 1.807) is 13.8 Å². The summed E-state index contributed by atoms with van der Waals surface area (Å²) in [5, 5.41) is 17.6. The average Bonchev–Trinajstić information content (AvgIpc) is 2.47. The number of aliphatic hydroxyl groups is 1. The Labute approximate surface area is 75.4 Å². The quantitative estimate of drug-likeness (QED) is 0.575. The summed E-state index contributed by atoms with van der Waals surface area (Å²) in [6, 6.07) is 0. The highest BCUT2D eigenvalue weighted by atomic mass is 16.3. The van der Waals surface area contributed by atoms with E-state index in [2.05, 4.69) is 20.5 Å². The Morgan fingerprint density at radius 3 is 2.92 bits per heavy atom. The van der Waals surface area contributed by atoms with E-state index in [1.165, 1.54) is 0 Å². The Morgan fingerprint density at radius 1 is 1.77 bits per heavy atom. The van der Waals surface area contributed by atoms with Crippen LogP contribution in [0.15, 0.2) is 0 Å². The molecular weight excluding hydrogens is 172 g/mol. The molecule has 0 saturated heterocycles. The van der Waals surface area contributed by atoms with Crippen molar-refractivity contribution < 1.29 is 9.90 Å². The van der Waals surface area contributed by atoms with Gasteiger partial charge < -0.3 is 10.4 Å². The van der Waals surface area contributed by atoms with Crippen LogP contribution in [0.3, 0.4) is 0 Å². The third-order valence-corrected chi connectivity index (χ3v) is 1.36. The zero-order chi connectivity index (χ0) is 9.84. The van der Waals surface area contributed by atoms with Crippen LogP contribution in [0.25, 0.3) is 0 Å². The zero-order valence-electron chi connectivity index (χ0n) is 7.53. The second-order valence-corrected chi connectivity index (χ2v) is 2.80. The van der Waals surface area contributed by atoms with Crippen LogP contribution in [-0.2, 0) is 0 Å².